The third kappa shape index (κ3) is 55.7. The standard InChI is InChI=1S/C62H104NO8P/c1-3-5-7-9-11-13-15-17-18-19-20-21-22-23-24-25-26-27-28-29-30-31-32-33-34-35-36-37-38-39-40-41-42-43-45-47-49-51-53-55-62(65)71-60(59-70-72(66,67)69-57-56-63)58-68-61(64)54-52-50-48-46-44-16-14-12-10-8-6-4-2/h5,7,11,13,17-18,20-21,23-24,26-27,29-30,32-33,35-36,38-39,60H,3-4,6,8-10,12,14-16,19,22,25,28,31,34,37,40-59,63H2,1-2H3,(H,66,67)/b7-5-,13-11-,18-17-,21-20-,24-23-,27-26-,30-29-,33-32-,36-35-,39-38-. The van der Waals surface area contributed by atoms with Gasteiger partial charge in [0.05, 0.1) is 13.2 Å². The lowest BCUT2D eigenvalue weighted by Crippen LogP contribution is -2.29. The topological polar surface area (TPSA) is 134 Å². The molecular weight excluding hydrogens is 918 g/mol. The quantitative estimate of drug-likeness (QED) is 0.0264. The molecule has 0 aliphatic carbocycles. The normalized spacial score (nSPS) is 14.0. The number of carbonyl (C=O) groups excluding carboxylic acids is 2. The minimum Gasteiger partial charge on any atom is -0.462 e. The Morgan fingerprint density at radius 3 is 1.14 bits per heavy atom. The third-order valence-electron chi connectivity index (χ3n) is 11.6. The van der Waals surface area contributed by atoms with Crippen LogP contribution in [-0.4, -0.2) is 49.3 Å². The van der Waals surface area contributed by atoms with Crippen molar-refractivity contribution < 1.29 is 37.6 Å². The summed E-state index contributed by atoms with van der Waals surface area (Å²) in [6, 6.07) is 0. The number of phosphoric acid groups is 1. The lowest BCUT2D eigenvalue weighted by Gasteiger charge is -2.19. The van der Waals surface area contributed by atoms with Gasteiger partial charge in [0.2, 0.25) is 0 Å². The van der Waals surface area contributed by atoms with E-state index in [-0.39, 0.29) is 38.6 Å². The number of ether oxygens (including phenoxy) is 2. The van der Waals surface area contributed by atoms with Crippen LogP contribution in [-0.2, 0) is 32.7 Å². The van der Waals surface area contributed by atoms with Gasteiger partial charge in [0, 0.05) is 19.4 Å². The van der Waals surface area contributed by atoms with E-state index in [1.54, 1.807) is 0 Å². The van der Waals surface area contributed by atoms with Crippen LogP contribution in [0.4, 0.5) is 0 Å². The van der Waals surface area contributed by atoms with E-state index in [0.29, 0.717) is 6.42 Å². The summed E-state index contributed by atoms with van der Waals surface area (Å²) < 4.78 is 32.9. The van der Waals surface area contributed by atoms with Crippen molar-refractivity contribution in [1.82, 2.24) is 0 Å². The van der Waals surface area contributed by atoms with Crippen LogP contribution in [0, 0.1) is 0 Å². The number of allylic oxidation sites excluding steroid dienone is 20. The molecule has 0 spiro atoms. The summed E-state index contributed by atoms with van der Waals surface area (Å²) in [4.78, 5) is 35.0. The highest BCUT2D eigenvalue weighted by Crippen LogP contribution is 2.43. The molecule has 410 valence electrons. The van der Waals surface area contributed by atoms with Gasteiger partial charge >= 0.3 is 19.8 Å². The fourth-order valence-corrected chi connectivity index (χ4v) is 8.19. The zero-order valence-electron chi connectivity index (χ0n) is 45.6. The monoisotopic (exact) mass is 1020 g/mol. The minimum absolute atomic E-state index is 0.0477. The maximum atomic E-state index is 12.7. The number of carbonyl (C=O) groups is 2. The van der Waals surface area contributed by atoms with Crippen LogP contribution in [0.15, 0.2) is 122 Å². The molecule has 0 amide bonds. The third-order valence-corrected chi connectivity index (χ3v) is 12.6. The molecule has 0 saturated heterocycles. The van der Waals surface area contributed by atoms with E-state index in [2.05, 4.69) is 135 Å². The molecule has 9 nitrogen and oxygen atoms in total. The molecule has 0 heterocycles. The van der Waals surface area contributed by atoms with Gasteiger partial charge < -0.3 is 20.1 Å². The summed E-state index contributed by atoms with van der Waals surface area (Å²) in [7, 11) is -4.39. The zero-order chi connectivity index (χ0) is 52.4. The minimum atomic E-state index is -4.39. The van der Waals surface area contributed by atoms with Crippen LogP contribution in [0.25, 0.3) is 0 Å². The molecule has 0 aliphatic rings. The molecule has 0 fully saturated rings. The second-order valence-electron chi connectivity index (χ2n) is 18.4. The Balaban J connectivity index is 3.97. The molecule has 0 saturated carbocycles. The van der Waals surface area contributed by atoms with E-state index in [9.17, 15) is 19.0 Å². The van der Waals surface area contributed by atoms with Gasteiger partial charge in [0.25, 0.3) is 0 Å². The number of unbranched alkanes of at least 4 members (excludes halogenated alkanes) is 19. The molecule has 0 aromatic rings. The van der Waals surface area contributed by atoms with Crippen LogP contribution in [0.3, 0.4) is 0 Å². The number of nitrogens with two attached hydrogens (primary N) is 1. The van der Waals surface area contributed by atoms with Gasteiger partial charge in [-0.05, 0) is 89.9 Å². The Labute approximate surface area is 441 Å². The molecule has 0 rings (SSSR count). The second-order valence-corrected chi connectivity index (χ2v) is 19.9. The lowest BCUT2D eigenvalue weighted by molar-refractivity contribution is -0.161. The predicted molar refractivity (Wildman–Crippen MR) is 307 cm³/mol. The molecule has 3 N–H and O–H groups in total. The summed E-state index contributed by atoms with van der Waals surface area (Å²) in [6.45, 7) is 3.60. The van der Waals surface area contributed by atoms with Crippen molar-refractivity contribution in [3.63, 3.8) is 0 Å². The van der Waals surface area contributed by atoms with E-state index in [1.807, 2.05) is 0 Å². The van der Waals surface area contributed by atoms with E-state index in [4.69, 9.17) is 24.3 Å². The molecule has 0 radical (unpaired) electrons. The van der Waals surface area contributed by atoms with Crippen LogP contribution in [0.1, 0.15) is 226 Å². The van der Waals surface area contributed by atoms with Crippen LogP contribution in [0.5, 0.6) is 0 Å². The highest BCUT2D eigenvalue weighted by Gasteiger charge is 2.26. The fraction of sp³-hybridized carbons (Fsp3) is 0.645. The molecule has 2 atom stereocenters. The Hall–Kier alpha value is -3.59. The second kappa shape index (κ2) is 56.7. The SMILES string of the molecule is CC/C=C\C/C=C\C/C=C\C/C=C\C/C=C\C/C=C\C/C=C\C/C=C\C/C=C\C/C=C\CCCCCCCCCCC(=O)OC(COC(=O)CCCCCCCCCCCCCC)COP(=O)(O)OCCN. The van der Waals surface area contributed by atoms with Crippen molar-refractivity contribution in [1.29, 1.82) is 0 Å². The highest BCUT2D eigenvalue weighted by atomic mass is 31.2. The summed E-state index contributed by atoms with van der Waals surface area (Å²) in [5.74, 6) is -0.842. The van der Waals surface area contributed by atoms with Gasteiger partial charge in [-0.25, -0.2) is 4.57 Å². The Kier molecular flexibility index (Phi) is 53.9. The number of hydrogen-bond acceptors (Lipinski definition) is 8. The van der Waals surface area contributed by atoms with Crippen LogP contribution in [0.2, 0.25) is 0 Å². The van der Waals surface area contributed by atoms with Gasteiger partial charge in [0.15, 0.2) is 6.10 Å². The van der Waals surface area contributed by atoms with Crippen molar-refractivity contribution in [2.24, 2.45) is 5.73 Å². The Bertz CT molecular complexity index is 1590. The first-order chi connectivity index (χ1) is 35.3. The molecule has 0 aromatic carbocycles. The smallest absolute Gasteiger partial charge is 0.462 e. The van der Waals surface area contributed by atoms with Gasteiger partial charge in [-0.2, -0.15) is 0 Å². The van der Waals surface area contributed by atoms with Gasteiger partial charge in [-0.1, -0.05) is 245 Å². The van der Waals surface area contributed by atoms with E-state index >= 15 is 0 Å². The summed E-state index contributed by atoms with van der Waals surface area (Å²) in [6.07, 6.45) is 78.3. The largest absolute Gasteiger partial charge is 0.472 e. The van der Waals surface area contributed by atoms with E-state index < -0.39 is 26.5 Å². The molecule has 0 aromatic heterocycles. The van der Waals surface area contributed by atoms with Gasteiger partial charge in [-0.3, -0.25) is 18.6 Å². The van der Waals surface area contributed by atoms with Gasteiger partial charge in [0.1, 0.15) is 6.61 Å². The first kappa shape index (κ1) is 68.4. The van der Waals surface area contributed by atoms with E-state index in [0.717, 1.165) is 109 Å². The zero-order valence-corrected chi connectivity index (χ0v) is 46.5. The van der Waals surface area contributed by atoms with Crippen LogP contribution >= 0.6 is 7.82 Å². The molecule has 10 heteroatoms. The molecular formula is C62H104NO8P. The number of phosphoric ester groups is 1. The summed E-state index contributed by atoms with van der Waals surface area (Å²) in [5.41, 5.74) is 5.37. The van der Waals surface area contributed by atoms with Crippen molar-refractivity contribution in [3.8, 4) is 0 Å². The Morgan fingerprint density at radius 2 is 0.764 bits per heavy atom. The average Bonchev–Trinajstić information content (AvgIpc) is 3.37. The van der Waals surface area contributed by atoms with E-state index in [1.165, 1.54) is 83.5 Å². The first-order valence-corrected chi connectivity index (χ1v) is 30.0. The number of hydrogen-bond donors (Lipinski definition) is 2. The molecule has 2 unspecified atom stereocenters. The lowest BCUT2D eigenvalue weighted by atomic mass is 10.0. The summed E-state index contributed by atoms with van der Waals surface area (Å²) in [5, 5.41) is 0. The van der Waals surface area contributed by atoms with Crippen LogP contribution < -0.4 is 5.73 Å². The van der Waals surface area contributed by atoms with Crippen molar-refractivity contribution >= 4 is 19.8 Å². The molecule has 72 heavy (non-hydrogen) atoms. The average molecular weight is 1020 g/mol. The Morgan fingerprint density at radius 1 is 0.431 bits per heavy atom. The van der Waals surface area contributed by atoms with Gasteiger partial charge in [-0.15, -0.1) is 0 Å². The fourth-order valence-electron chi connectivity index (χ4n) is 7.43. The first-order valence-electron chi connectivity index (χ1n) is 28.5. The van der Waals surface area contributed by atoms with Crippen molar-refractivity contribution in [3.05, 3.63) is 122 Å². The van der Waals surface area contributed by atoms with Crippen molar-refractivity contribution in [2.75, 3.05) is 26.4 Å². The molecule has 0 bridgehead atoms. The highest BCUT2D eigenvalue weighted by molar-refractivity contribution is 7.47. The number of rotatable bonds is 52. The summed E-state index contributed by atoms with van der Waals surface area (Å²) >= 11 is 0. The number of esters is 2. The molecule has 0 aliphatic heterocycles. The predicted octanol–water partition coefficient (Wildman–Crippen LogP) is 18.0. The maximum Gasteiger partial charge on any atom is 0.472 e. The van der Waals surface area contributed by atoms with Crippen molar-refractivity contribution in [2.45, 2.75) is 232 Å². The maximum absolute atomic E-state index is 12.7.